The van der Waals surface area contributed by atoms with Crippen LogP contribution in [0.25, 0.3) is 11.5 Å². The lowest BCUT2D eigenvalue weighted by molar-refractivity contribution is 0.0929. The van der Waals surface area contributed by atoms with Gasteiger partial charge in [-0.1, -0.05) is 11.2 Å². The van der Waals surface area contributed by atoms with Gasteiger partial charge in [0, 0.05) is 12.6 Å². The molecule has 4 heterocycles. The summed E-state index contributed by atoms with van der Waals surface area (Å²) in [5, 5.41) is 6.87. The summed E-state index contributed by atoms with van der Waals surface area (Å²) < 4.78 is 21.4. The van der Waals surface area contributed by atoms with Crippen molar-refractivity contribution in [3.8, 4) is 23.0 Å². The molecule has 1 N–H and O–H groups in total. The van der Waals surface area contributed by atoms with Crippen LogP contribution < -0.4 is 14.8 Å². The van der Waals surface area contributed by atoms with Gasteiger partial charge in [0.2, 0.25) is 12.6 Å². The largest absolute Gasteiger partial charge is 0.461 e. The van der Waals surface area contributed by atoms with E-state index in [1.54, 1.807) is 24.5 Å². The van der Waals surface area contributed by atoms with E-state index in [-0.39, 0.29) is 24.4 Å². The molecule has 0 bridgehead atoms. The molecule has 0 spiro atoms. The van der Waals surface area contributed by atoms with Crippen molar-refractivity contribution in [2.45, 2.75) is 18.9 Å². The van der Waals surface area contributed by atoms with Gasteiger partial charge in [-0.05, 0) is 55.8 Å². The number of fused-ring (bicyclic) bond motifs is 1. The fraction of sp³-hybridized carbons (Fsp3) is 0.333. The molecule has 0 radical (unpaired) electrons. The van der Waals surface area contributed by atoms with Crippen molar-refractivity contribution in [2.75, 3.05) is 26.4 Å². The van der Waals surface area contributed by atoms with Crippen LogP contribution in [0.15, 0.2) is 51.6 Å². The van der Waals surface area contributed by atoms with Crippen LogP contribution in [-0.2, 0) is 0 Å². The summed E-state index contributed by atoms with van der Waals surface area (Å²) in [5.74, 6) is 2.18. The Morgan fingerprint density at radius 2 is 1.97 bits per heavy atom. The third kappa shape index (κ3) is 3.58. The van der Waals surface area contributed by atoms with Gasteiger partial charge in [-0.2, -0.15) is 0 Å². The number of amides is 1. The molecule has 0 saturated carbocycles. The van der Waals surface area contributed by atoms with Gasteiger partial charge in [0.1, 0.15) is 0 Å². The van der Waals surface area contributed by atoms with Crippen molar-refractivity contribution in [3.05, 3.63) is 53.9 Å². The summed E-state index contributed by atoms with van der Waals surface area (Å²) in [5.41, 5.74) is 1.31. The number of nitrogens with one attached hydrogen (secondary N) is 1. The minimum Gasteiger partial charge on any atom is -0.461 e. The normalized spacial score (nSPS) is 16.8. The molecule has 1 atom stereocenters. The SMILES string of the molecule is O=C(NCC(c1ccc2c(c1)OCO2)N1CCCC1)c1cc(-c2ccco2)on1. The zero-order valence-electron chi connectivity index (χ0n) is 15.8. The Labute approximate surface area is 167 Å². The number of furan rings is 1. The number of ether oxygens (including phenoxy) is 2. The molecule has 0 aliphatic carbocycles. The maximum absolute atomic E-state index is 12.6. The van der Waals surface area contributed by atoms with E-state index in [4.69, 9.17) is 18.4 Å². The fourth-order valence-electron chi connectivity index (χ4n) is 3.83. The number of likely N-dealkylation sites (tertiary alicyclic amines) is 1. The molecule has 1 amide bonds. The van der Waals surface area contributed by atoms with Crippen LogP contribution >= 0.6 is 0 Å². The third-order valence-corrected chi connectivity index (χ3v) is 5.33. The molecule has 2 aliphatic rings. The van der Waals surface area contributed by atoms with E-state index in [9.17, 15) is 4.79 Å². The van der Waals surface area contributed by atoms with Gasteiger partial charge < -0.3 is 23.7 Å². The van der Waals surface area contributed by atoms with E-state index in [0.717, 1.165) is 43.0 Å². The summed E-state index contributed by atoms with van der Waals surface area (Å²) in [6, 6.07) is 11.1. The third-order valence-electron chi connectivity index (χ3n) is 5.33. The summed E-state index contributed by atoms with van der Waals surface area (Å²) in [6.45, 7) is 2.71. The lowest BCUT2D eigenvalue weighted by atomic mass is 10.0. The van der Waals surface area contributed by atoms with Gasteiger partial charge in [-0.3, -0.25) is 9.69 Å². The first-order chi connectivity index (χ1) is 14.3. The molecular weight excluding hydrogens is 374 g/mol. The summed E-state index contributed by atoms with van der Waals surface area (Å²) in [4.78, 5) is 15.0. The molecular formula is C21H21N3O5. The topological polar surface area (TPSA) is 90.0 Å². The van der Waals surface area contributed by atoms with Crippen LogP contribution in [0.4, 0.5) is 0 Å². The summed E-state index contributed by atoms with van der Waals surface area (Å²) in [7, 11) is 0. The standard InChI is InChI=1S/C21H21N3O5/c25-21(15-11-20(29-23-15)17-4-3-9-26-17)22-12-16(24-7-1-2-8-24)14-5-6-18-19(10-14)28-13-27-18/h3-6,9-11,16H,1-2,7-8,12-13H2,(H,22,25). The summed E-state index contributed by atoms with van der Waals surface area (Å²) in [6.07, 6.45) is 3.86. The molecule has 150 valence electrons. The predicted molar refractivity (Wildman–Crippen MR) is 103 cm³/mol. The first-order valence-electron chi connectivity index (χ1n) is 9.70. The van der Waals surface area contributed by atoms with E-state index in [1.165, 1.54) is 0 Å². The number of nitrogens with zero attached hydrogens (tertiary/aromatic N) is 2. The van der Waals surface area contributed by atoms with Crippen LogP contribution in [0, 0.1) is 0 Å². The minimum absolute atomic E-state index is 0.0485. The molecule has 8 heteroatoms. The van der Waals surface area contributed by atoms with Gasteiger partial charge in [0.05, 0.1) is 12.3 Å². The predicted octanol–water partition coefficient (Wildman–Crippen LogP) is 3.23. The average molecular weight is 395 g/mol. The van der Waals surface area contributed by atoms with E-state index >= 15 is 0 Å². The van der Waals surface area contributed by atoms with E-state index in [0.29, 0.717) is 18.1 Å². The maximum Gasteiger partial charge on any atom is 0.273 e. The minimum atomic E-state index is -0.281. The monoisotopic (exact) mass is 395 g/mol. The van der Waals surface area contributed by atoms with Crippen molar-refractivity contribution in [1.29, 1.82) is 0 Å². The van der Waals surface area contributed by atoms with E-state index in [2.05, 4.69) is 15.4 Å². The first-order valence-corrected chi connectivity index (χ1v) is 9.70. The molecule has 1 unspecified atom stereocenters. The maximum atomic E-state index is 12.6. The van der Waals surface area contributed by atoms with Gasteiger partial charge in [0.25, 0.3) is 5.91 Å². The van der Waals surface area contributed by atoms with Crippen LogP contribution in [0.1, 0.15) is 34.9 Å². The van der Waals surface area contributed by atoms with Crippen LogP contribution in [0.5, 0.6) is 11.5 Å². The van der Waals surface area contributed by atoms with Crippen molar-refractivity contribution in [3.63, 3.8) is 0 Å². The second-order valence-electron chi connectivity index (χ2n) is 7.14. The Kier molecular flexibility index (Phi) is 4.69. The van der Waals surface area contributed by atoms with Crippen molar-refractivity contribution in [2.24, 2.45) is 0 Å². The van der Waals surface area contributed by atoms with Crippen molar-refractivity contribution >= 4 is 5.91 Å². The zero-order valence-corrected chi connectivity index (χ0v) is 15.8. The van der Waals surface area contributed by atoms with Crippen LogP contribution in [0.2, 0.25) is 0 Å². The van der Waals surface area contributed by atoms with E-state index in [1.807, 2.05) is 18.2 Å². The summed E-state index contributed by atoms with van der Waals surface area (Å²) >= 11 is 0. The van der Waals surface area contributed by atoms with Gasteiger partial charge in [-0.15, -0.1) is 0 Å². The lowest BCUT2D eigenvalue weighted by Gasteiger charge is -2.28. The van der Waals surface area contributed by atoms with Crippen LogP contribution in [0.3, 0.4) is 0 Å². The number of benzene rings is 1. The first kappa shape index (κ1) is 17.8. The Morgan fingerprint density at radius 3 is 2.79 bits per heavy atom. The highest BCUT2D eigenvalue weighted by molar-refractivity contribution is 5.92. The van der Waals surface area contributed by atoms with Crippen molar-refractivity contribution in [1.82, 2.24) is 15.4 Å². The number of carbonyl (C=O) groups is 1. The van der Waals surface area contributed by atoms with Crippen LogP contribution in [-0.4, -0.2) is 42.4 Å². The van der Waals surface area contributed by atoms with Crippen molar-refractivity contribution < 1.29 is 23.2 Å². The Morgan fingerprint density at radius 1 is 1.10 bits per heavy atom. The van der Waals surface area contributed by atoms with Gasteiger partial charge in [-0.25, -0.2) is 0 Å². The smallest absolute Gasteiger partial charge is 0.273 e. The number of aromatic nitrogens is 1. The van der Waals surface area contributed by atoms with Gasteiger partial charge in [0.15, 0.2) is 23.0 Å². The number of hydrogen-bond donors (Lipinski definition) is 1. The average Bonchev–Trinajstić information content (AvgIpc) is 3.55. The highest BCUT2D eigenvalue weighted by Crippen LogP contribution is 2.36. The second-order valence-corrected chi connectivity index (χ2v) is 7.14. The molecule has 1 saturated heterocycles. The van der Waals surface area contributed by atoms with E-state index < -0.39 is 0 Å². The quantitative estimate of drug-likeness (QED) is 0.685. The molecule has 5 rings (SSSR count). The molecule has 2 aromatic heterocycles. The molecule has 29 heavy (non-hydrogen) atoms. The number of hydrogen-bond acceptors (Lipinski definition) is 7. The fourth-order valence-corrected chi connectivity index (χ4v) is 3.83. The lowest BCUT2D eigenvalue weighted by Crippen LogP contribution is -2.36. The second kappa shape index (κ2) is 7.63. The number of rotatable bonds is 6. The van der Waals surface area contributed by atoms with Gasteiger partial charge >= 0.3 is 0 Å². The molecule has 8 nitrogen and oxygen atoms in total. The molecule has 2 aliphatic heterocycles. The highest BCUT2D eigenvalue weighted by Gasteiger charge is 2.26. The Bertz CT molecular complexity index is 992. The zero-order chi connectivity index (χ0) is 19.6. The molecule has 1 fully saturated rings. The highest BCUT2D eigenvalue weighted by atomic mass is 16.7. The Balaban J connectivity index is 1.31. The molecule has 3 aromatic rings. The molecule has 1 aromatic carbocycles. The number of carbonyl (C=O) groups excluding carboxylic acids is 1. The Hall–Kier alpha value is -3.26.